The Bertz CT molecular complexity index is 647. The highest BCUT2D eigenvalue weighted by Gasteiger charge is 2.19. The number of hydrogen-bond donors (Lipinski definition) is 1. The Morgan fingerprint density at radius 2 is 2.00 bits per heavy atom. The van der Waals surface area contributed by atoms with Gasteiger partial charge in [0.05, 0.1) is 5.69 Å². The van der Waals surface area contributed by atoms with Crippen molar-refractivity contribution in [3.63, 3.8) is 0 Å². The fourth-order valence-corrected chi connectivity index (χ4v) is 1.67. The number of hydrogen-bond acceptors (Lipinski definition) is 4. The molecule has 5 nitrogen and oxygen atoms in total. The van der Waals surface area contributed by atoms with Crippen molar-refractivity contribution in [1.82, 2.24) is 9.78 Å². The number of rotatable bonds is 2. The van der Waals surface area contributed by atoms with Gasteiger partial charge >= 0.3 is 0 Å². The van der Waals surface area contributed by atoms with E-state index in [1.165, 1.54) is 11.6 Å². The molecule has 2 rings (SSSR count). The van der Waals surface area contributed by atoms with Crippen LogP contribution in [0.3, 0.4) is 0 Å². The normalized spacial score (nSPS) is 10.1. The molecule has 0 amide bonds. The van der Waals surface area contributed by atoms with Crippen molar-refractivity contribution in [3.05, 3.63) is 41.1 Å². The minimum absolute atomic E-state index is 0.107. The van der Waals surface area contributed by atoms with Crippen molar-refractivity contribution in [2.75, 3.05) is 5.73 Å². The topological polar surface area (TPSA) is 84.7 Å². The molecule has 1 heterocycles. The molecule has 2 aromatic rings. The smallest absolute Gasteiger partial charge is 0.181 e. The van der Waals surface area contributed by atoms with Gasteiger partial charge in [-0.3, -0.25) is 4.79 Å². The molecule has 1 aromatic heterocycles. The van der Waals surface area contributed by atoms with Crippen molar-refractivity contribution in [2.45, 2.75) is 13.8 Å². The Balaban J connectivity index is 2.63. The van der Waals surface area contributed by atoms with Gasteiger partial charge in [0.25, 0.3) is 0 Å². The van der Waals surface area contributed by atoms with Crippen LogP contribution in [0.1, 0.15) is 28.5 Å². The van der Waals surface area contributed by atoms with Crippen molar-refractivity contribution in [2.24, 2.45) is 0 Å². The molecule has 5 heteroatoms. The van der Waals surface area contributed by atoms with Crippen LogP contribution >= 0.6 is 0 Å². The monoisotopic (exact) mass is 240 g/mol. The number of carbonyl (C=O) groups excluding carboxylic acids is 1. The number of nitrogen functional groups attached to an aromatic ring is 1. The maximum absolute atomic E-state index is 11.4. The van der Waals surface area contributed by atoms with Crippen LogP contribution in [0.2, 0.25) is 0 Å². The summed E-state index contributed by atoms with van der Waals surface area (Å²) >= 11 is 0. The van der Waals surface area contributed by atoms with Crippen molar-refractivity contribution >= 4 is 11.6 Å². The second kappa shape index (κ2) is 4.34. The van der Waals surface area contributed by atoms with Crippen LogP contribution in [0.15, 0.2) is 24.3 Å². The summed E-state index contributed by atoms with van der Waals surface area (Å²) in [6.07, 6.45) is 0. The largest absolute Gasteiger partial charge is 0.382 e. The molecule has 0 saturated heterocycles. The van der Waals surface area contributed by atoms with E-state index in [1.807, 2.05) is 37.3 Å². The number of ketones is 1. The van der Waals surface area contributed by atoms with Gasteiger partial charge in [-0.25, -0.2) is 4.68 Å². The third-order valence-corrected chi connectivity index (χ3v) is 2.64. The van der Waals surface area contributed by atoms with E-state index >= 15 is 0 Å². The van der Waals surface area contributed by atoms with Crippen LogP contribution in [0, 0.1) is 18.3 Å². The summed E-state index contributed by atoms with van der Waals surface area (Å²) in [7, 11) is 0. The van der Waals surface area contributed by atoms with Crippen LogP contribution in [0.4, 0.5) is 5.82 Å². The third kappa shape index (κ3) is 1.84. The zero-order valence-electron chi connectivity index (χ0n) is 10.1. The molecule has 0 atom stereocenters. The van der Waals surface area contributed by atoms with Gasteiger partial charge in [-0.2, -0.15) is 10.4 Å². The first-order valence-corrected chi connectivity index (χ1v) is 5.41. The fourth-order valence-electron chi connectivity index (χ4n) is 1.67. The molecule has 0 spiro atoms. The summed E-state index contributed by atoms with van der Waals surface area (Å²) in [6, 6.07) is 9.42. The molecular formula is C13H12N4O. The number of carbonyl (C=O) groups is 1. The molecular weight excluding hydrogens is 228 g/mol. The van der Waals surface area contributed by atoms with E-state index in [0.717, 1.165) is 11.3 Å². The molecule has 0 aliphatic heterocycles. The van der Waals surface area contributed by atoms with E-state index in [9.17, 15) is 4.79 Å². The summed E-state index contributed by atoms with van der Waals surface area (Å²) in [4.78, 5) is 11.4. The SMILES string of the molecule is CC(=O)c1nn(-c2ccc(C)cc2)c(N)c1C#N. The lowest BCUT2D eigenvalue weighted by Crippen LogP contribution is -2.02. The first-order chi connectivity index (χ1) is 8.54. The zero-order chi connectivity index (χ0) is 13.3. The molecule has 90 valence electrons. The Hall–Kier alpha value is -2.61. The van der Waals surface area contributed by atoms with Gasteiger partial charge in [0.1, 0.15) is 23.1 Å². The lowest BCUT2D eigenvalue weighted by Gasteiger charge is -2.03. The molecule has 2 N–H and O–H groups in total. The number of benzene rings is 1. The maximum Gasteiger partial charge on any atom is 0.181 e. The molecule has 0 aliphatic carbocycles. The molecule has 18 heavy (non-hydrogen) atoms. The van der Waals surface area contributed by atoms with E-state index < -0.39 is 0 Å². The van der Waals surface area contributed by atoms with Gasteiger partial charge in [-0.15, -0.1) is 0 Å². The lowest BCUT2D eigenvalue weighted by molar-refractivity contribution is 0.101. The van der Waals surface area contributed by atoms with Crippen LogP contribution in [-0.2, 0) is 0 Å². The van der Waals surface area contributed by atoms with Crippen LogP contribution in [-0.4, -0.2) is 15.6 Å². The van der Waals surface area contributed by atoms with Crippen molar-refractivity contribution in [3.8, 4) is 11.8 Å². The Labute approximate surface area is 104 Å². The molecule has 0 unspecified atom stereocenters. The van der Waals surface area contributed by atoms with E-state index in [1.54, 1.807) is 0 Å². The molecule has 0 saturated carbocycles. The van der Waals surface area contributed by atoms with Crippen LogP contribution in [0.5, 0.6) is 0 Å². The van der Waals surface area contributed by atoms with Gasteiger partial charge in [-0.05, 0) is 19.1 Å². The highest BCUT2D eigenvalue weighted by Crippen LogP contribution is 2.21. The Morgan fingerprint density at radius 1 is 1.39 bits per heavy atom. The predicted molar refractivity (Wildman–Crippen MR) is 67.4 cm³/mol. The van der Waals surface area contributed by atoms with Crippen molar-refractivity contribution in [1.29, 1.82) is 5.26 Å². The number of aryl methyl sites for hydroxylation is 1. The molecule has 0 radical (unpaired) electrons. The van der Waals surface area contributed by atoms with Crippen LogP contribution < -0.4 is 5.73 Å². The number of nitrogens with two attached hydrogens (primary N) is 1. The zero-order valence-corrected chi connectivity index (χ0v) is 10.1. The standard InChI is InChI=1S/C13H12N4O/c1-8-3-5-10(6-4-8)17-13(15)11(7-14)12(16-17)9(2)18/h3-6H,15H2,1-2H3. The number of nitriles is 1. The van der Waals surface area contributed by atoms with Crippen LogP contribution in [0.25, 0.3) is 5.69 Å². The number of aromatic nitrogens is 2. The highest BCUT2D eigenvalue weighted by atomic mass is 16.1. The number of nitrogens with zero attached hydrogens (tertiary/aromatic N) is 3. The molecule has 1 aromatic carbocycles. The first kappa shape index (κ1) is 11.9. The third-order valence-electron chi connectivity index (χ3n) is 2.64. The Morgan fingerprint density at radius 3 is 2.44 bits per heavy atom. The summed E-state index contributed by atoms with van der Waals surface area (Å²) in [5, 5.41) is 13.1. The number of Topliss-reactive ketones (excluding diaryl/α,β-unsaturated/α-hetero) is 1. The van der Waals surface area contributed by atoms with Gasteiger partial charge in [0.15, 0.2) is 5.78 Å². The van der Waals surface area contributed by atoms with Crippen molar-refractivity contribution < 1.29 is 4.79 Å². The quantitative estimate of drug-likeness (QED) is 0.811. The Kier molecular flexibility index (Phi) is 2.86. The highest BCUT2D eigenvalue weighted by molar-refractivity contribution is 5.96. The average molecular weight is 240 g/mol. The summed E-state index contributed by atoms with van der Waals surface area (Å²) < 4.78 is 1.41. The van der Waals surface area contributed by atoms with E-state index in [0.29, 0.717) is 0 Å². The predicted octanol–water partition coefficient (Wildman–Crippen LogP) is 1.84. The van der Waals surface area contributed by atoms with E-state index in [-0.39, 0.29) is 22.9 Å². The molecule has 0 fully saturated rings. The summed E-state index contributed by atoms with van der Waals surface area (Å²) in [5.74, 6) is -0.0873. The van der Waals surface area contributed by atoms with Gasteiger partial charge in [0, 0.05) is 6.92 Å². The second-order valence-electron chi connectivity index (χ2n) is 4.02. The maximum atomic E-state index is 11.4. The van der Waals surface area contributed by atoms with Gasteiger partial charge in [0.2, 0.25) is 0 Å². The minimum Gasteiger partial charge on any atom is -0.382 e. The number of anilines is 1. The van der Waals surface area contributed by atoms with Gasteiger partial charge in [-0.1, -0.05) is 17.7 Å². The lowest BCUT2D eigenvalue weighted by atomic mass is 10.2. The minimum atomic E-state index is -0.274. The van der Waals surface area contributed by atoms with E-state index in [2.05, 4.69) is 5.10 Å². The molecule has 0 bridgehead atoms. The first-order valence-electron chi connectivity index (χ1n) is 5.41. The average Bonchev–Trinajstić information content (AvgIpc) is 2.67. The second-order valence-corrected chi connectivity index (χ2v) is 4.02. The van der Waals surface area contributed by atoms with Gasteiger partial charge < -0.3 is 5.73 Å². The summed E-state index contributed by atoms with van der Waals surface area (Å²) in [6.45, 7) is 3.33. The fraction of sp³-hybridized carbons (Fsp3) is 0.154. The summed E-state index contributed by atoms with van der Waals surface area (Å²) in [5.41, 5.74) is 7.92. The van der Waals surface area contributed by atoms with E-state index in [4.69, 9.17) is 11.0 Å². The molecule has 0 aliphatic rings.